The van der Waals surface area contributed by atoms with Gasteiger partial charge in [-0.1, -0.05) is 17.7 Å². The van der Waals surface area contributed by atoms with E-state index >= 15 is 0 Å². The van der Waals surface area contributed by atoms with Crippen molar-refractivity contribution in [2.24, 2.45) is 0 Å². The van der Waals surface area contributed by atoms with Crippen LogP contribution in [0.1, 0.15) is 45.7 Å². The van der Waals surface area contributed by atoms with Gasteiger partial charge in [0.2, 0.25) is 0 Å². The summed E-state index contributed by atoms with van der Waals surface area (Å²) in [6.45, 7) is 3.81. The summed E-state index contributed by atoms with van der Waals surface area (Å²) in [6, 6.07) is 7.50. The summed E-state index contributed by atoms with van der Waals surface area (Å²) in [5, 5.41) is 14.6. The van der Waals surface area contributed by atoms with Crippen molar-refractivity contribution in [2.75, 3.05) is 33.7 Å². The van der Waals surface area contributed by atoms with Crippen LogP contribution in [-0.2, 0) is 29.5 Å². The van der Waals surface area contributed by atoms with E-state index in [9.17, 15) is 18.5 Å². The molecule has 3 aromatic rings. The molecule has 1 aromatic carbocycles. The molecule has 0 spiro atoms. The number of amides is 1. The van der Waals surface area contributed by atoms with Crippen LogP contribution < -0.4 is 5.32 Å². The number of thiophene rings is 1. The molecule has 0 saturated carbocycles. The fourth-order valence-corrected chi connectivity index (χ4v) is 9.84. The lowest BCUT2D eigenvalue weighted by Crippen LogP contribution is -2.56. The quantitative estimate of drug-likeness (QED) is 0.434. The number of rotatable bonds is 7. The molecular formula is C26H31ClN6O3S3. The van der Waals surface area contributed by atoms with E-state index in [4.69, 9.17) is 11.6 Å². The highest BCUT2D eigenvalue weighted by Gasteiger charge is 2.39. The standard InChI is InChI=1S/C26H31ClN6O3S3/c1-16-11-21-23(13-29-16)37-24(30-21)25(34)33-10-9-32(14-18(33)5-4-8-28)39(35,36)26-20(15-31(2)3)19-7-6-17(27)12-22(19)38-26/h6-7,12,16,18,29H,4-5,9-11,13-15H2,1-3H3. The Balaban J connectivity index is 1.44. The zero-order valence-corrected chi connectivity index (χ0v) is 25.3. The van der Waals surface area contributed by atoms with Crippen molar-refractivity contribution in [1.82, 2.24) is 24.4 Å². The van der Waals surface area contributed by atoms with Crippen molar-refractivity contribution < 1.29 is 13.2 Å². The number of halogens is 1. The number of carbonyl (C=O) groups is 1. The van der Waals surface area contributed by atoms with Gasteiger partial charge in [-0.2, -0.15) is 9.57 Å². The van der Waals surface area contributed by atoms with Crippen LogP contribution in [0.2, 0.25) is 5.02 Å². The smallest absolute Gasteiger partial charge is 0.283 e. The van der Waals surface area contributed by atoms with E-state index < -0.39 is 16.1 Å². The number of hydrogen-bond acceptors (Lipinski definition) is 9. The maximum Gasteiger partial charge on any atom is 0.283 e. The summed E-state index contributed by atoms with van der Waals surface area (Å²) in [7, 11) is -0.0371. The number of benzene rings is 1. The average Bonchev–Trinajstić information content (AvgIpc) is 3.47. The second kappa shape index (κ2) is 11.4. The number of hydrogen-bond donors (Lipinski definition) is 1. The van der Waals surface area contributed by atoms with Crippen LogP contribution in [0.4, 0.5) is 0 Å². The first-order valence-corrected chi connectivity index (χ1v) is 16.3. The van der Waals surface area contributed by atoms with E-state index in [1.54, 1.807) is 17.0 Å². The summed E-state index contributed by atoms with van der Waals surface area (Å²) < 4.78 is 30.8. The van der Waals surface area contributed by atoms with Crippen molar-refractivity contribution in [3.05, 3.63) is 44.4 Å². The van der Waals surface area contributed by atoms with Crippen LogP contribution in [0.15, 0.2) is 22.4 Å². The highest BCUT2D eigenvalue weighted by molar-refractivity contribution is 7.91. The minimum Gasteiger partial charge on any atom is -0.331 e. The van der Waals surface area contributed by atoms with E-state index in [2.05, 4.69) is 23.3 Å². The van der Waals surface area contributed by atoms with Gasteiger partial charge in [0.15, 0.2) is 5.01 Å². The van der Waals surface area contributed by atoms with Crippen LogP contribution in [0.5, 0.6) is 0 Å². The number of aromatic nitrogens is 1. The number of thiazole rings is 1. The highest BCUT2D eigenvalue weighted by atomic mass is 35.5. The lowest BCUT2D eigenvalue weighted by molar-refractivity contribution is 0.0552. The molecule has 2 aliphatic rings. The first-order chi connectivity index (χ1) is 18.6. The van der Waals surface area contributed by atoms with Gasteiger partial charge in [-0.05, 0) is 45.0 Å². The molecule has 1 N–H and O–H groups in total. The fraction of sp³-hybridized carbons (Fsp3) is 0.500. The van der Waals surface area contributed by atoms with Gasteiger partial charge in [0.05, 0.1) is 11.8 Å². The molecule has 2 aliphatic heterocycles. The van der Waals surface area contributed by atoms with E-state index in [0.29, 0.717) is 39.8 Å². The zero-order chi connectivity index (χ0) is 27.9. The molecule has 9 nitrogen and oxygen atoms in total. The van der Waals surface area contributed by atoms with Crippen molar-refractivity contribution in [1.29, 1.82) is 5.26 Å². The van der Waals surface area contributed by atoms with E-state index in [1.165, 1.54) is 27.0 Å². The van der Waals surface area contributed by atoms with Crippen molar-refractivity contribution in [2.45, 2.75) is 55.6 Å². The minimum atomic E-state index is -3.85. The molecule has 1 fully saturated rings. The summed E-state index contributed by atoms with van der Waals surface area (Å²) in [5.74, 6) is -0.188. The lowest BCUT2D eigenvalue weighted by atomic mass is 10.1. The molecule has 0 radical (unpaired) electrons. The normalized spacial score (nSPS) is 20.4. The van der Waals surface area contributed by atoms with Gasteiger partial charge in [-0.15, -0.1) is 22.7 Å². The van der Waals surface area contributed by atoms with Crippen LogP contribution in [0.3, 0.4) is 0 Å². The highest BCUT2D eigenvalue weighted by Crippen LogP contribution is 2.39. The summed E-state index contributed by atoms with van der Waals surface area (Å²) in [6.07, 6.45) is 1.40. The monoisotopic (exact) mass is 606 g/mol. The van der Waals surface area contributed by atoms with Crippen LogP contribution in [-0.4, -0.2) is 79.2 Å². The van der Waals surface area contributed by atoms with Gasteiger partial charge < -0.3 is 15.1 Å². The van der Waals surface area contributed by atoms with Crippen LogP contribution in [0, 0.1) is 11.3 Å². The number of nitrogens with zero attached hydrogens (tertiary/aromatic N) is 5. The third kappa shape index (κ3) is 5.72. The Hall–Kier alpha value is -2.11. The van der Waals surface area contributed by atoms with E-state index in [1.807, 2.05) is 25.1 Å². The Morgan fingerprint density at radius 1 is 1.31 bits per heavy atom. The van der Waals surface area contributed by atoms with Crippen LogP contribution >= 0.6 is 34.3 Å². The Kier molecular flexibility index (Phi) is 8.31. The first-order valence-electron chi connectivity index (χ1n) is 12.8. The van der Waals surface area contributed by atoms with Gasteiger partial charge in [0.1, 0.15) is 4.21 Å². The Morgan fingerprint density at radius 3 is 2.85 bits per heavy atom. The summed E-state index contributed by atoms with van der Waals surface area (Å²) in [4.78, 5) is 23.0. The van der Waals surface area contributed by atoms with Crippen molar-refractivity contribution in [3.8, 4) is 6.07 Å². The predicted octanol–water partition coefficient (Wildman–Crippen LogP) is 3.93. The lowest BCUT2D eigenvalue weighted by Gasteiger charge is -2.40. The molecule has 4 heterocycles. The molecule has 13 heteroatoms. The number of piperazine rings is 1. The molecule has 208 valence electrons. The van der Waals surface area contributed by atoms with Gasteiger partial charge in [-0.3, -0.25) is 4.79 Å². The minimum absolute atomic E-state index is 0.135. The molecule has 2 unspecified atom stereocenters. The molecule has 5 rings (SSSR count). The number of nitriles is 1. The molecular weight excluding hydrogens is 576 g/mol. The van der Waals surface area contributed by atoms with Gasteiger partial charge in [0, 0.05) is 77.8 Å². The first kappa shape index (κ1) is 28.4. The molecule has 0 bridgehead atoms. The van der Waals surface area contributed by atoms with E-state index in [-0.39, 0.29) is 32.0 Å². The van der Waals surface area contributed by atoms with Crippen molar-refractivity contribution in [3.63, 3.8) is 0 Å². The average molecular weight is 607 g/mol. The topological polar surface area (TPSA) is 110 Å². The zero-order valence-electron chi connectivity index (χ0n) is 22.1. The number of carbonyl (C=O) groups excluding carboxylic acids is 1. The van der Waals surface area contributed by atoms with Gasteiger partial charge in [0.25, 0.3) is 15.9 Å². The summed E-state index contributed by atoms with van der Waals surface area (Å²) >= 11 is 8.85. The maximum atomic E-state index is 14.1. The maximum absolute atomic E-state index is 14.1. The third-order valence-electron chi connectivity index (χ3n) is 7.13. The van der Waals surface area contributed by atoms with Crippen LogP contribution in [0.25, 0.3) is 10.1 Å². The number of nitrogens with one attached hydrogen (secondary N) is 1. The molecule has 39 heavy (non-hydrogen) atoms. The Bertz CT molecular complexity index is 1540. The largest absolute Gasteiger partial charge is 0.331 e. The van der Waals surface area contributed by atoms with Gasteiger partial charge in [-0.25, -0.2) is 13.4 Å². The second-order valence-electron chi connectivity index (χ2n) is 10.3. The molecule has 2 aromatic heterocycles. The molecule has 0 aliphatic carbocycles. The molecule has 1 amide bonds. The SMILES string of the molecule is CC1Cc2nc(C(=O)N3CCN(S(=O)(=O)c4sc5cc(Cl)ccc5c4CN(C)C)CC3CCC#N)sc2CN1. The molecule has 2 atom stereocenters. The Morgan fingerprint density at radius 2 is 2.10 bits per heavy atom. The fourth-order valence-electron chi connectivity index (χ4n) is 5.21. The van der Waals surface area contributed by atoms with E-state index in [0.717, 1.165) is 32.6 Å². The molecule has 1 saturated heterocycles. The third-order valence-corrected chi connectivity index (χ3v) is 12.1. The van der Waals surface area contributed by atoms with Crippen molar-refractivity contribution >= 4 is 60.3 Å². The number of fused-ring (bicyclic) bond motifs is 2. The number of sulfonamides is 1. The predicted molar refractivity (Wildman–Crippen MR) is 155 cm³/mol. The van der Waals surface area contributed by atoms with Gasteiger partial charge >= 0.3 is 0 Å². The summed E-state index contributed by atoms with van der Waals surface area (Å²) in [5.41, 5.74) is 1.71. The second-order valence-corrected chi connectivity index (χ2v) is 15.0. The Labute approximate surface area is 242 Å².